The molecule has 1 atom stereocenters. The van der Waals surface area contributed by atoms with Crippen molar-refractivity contribution in [2.24, 2.45) is 5.92 Å². The molecular formula is C16H24O4. The van der Waals surface area contributed by atoms with E-state index in [1.807, 2.05) is 0 Å². The zero-order chi connectivity index (χ0) is 15.3. The van der Waals surface area contributed by atoms with Crippen LogP contribution in [0.25, 0.3) is 0 Å². The van der Waals surface area contributed by atoms with Crippen LogP contribution in [0.2, 0.25) is 0 Å². The van der Waals surface area contributed by atoms with Crippen LogP contribution >= 0.6 is 0 Å². The van der Waals surface area contributed by atoms with E-state index >= 15 is 0 Å². The van der Waals surface area contributed by atoms with Crippen LogP contribution in [0.15, 0.2) is 18.2 Å². The van der Waals surface area contributed by atoms with Crippen LogP contribution in [0.3, 0.4) is 0 Å². The van der Waals surface area contributed by atoms with Crippen LogP contribution in [0.5, 0.6) is 5.75 Å². The molecule has 0 aromatic heterocycles. The number of carbonyl (C=O) groups excluding carboxylic acids is 1. The van der Waals surface area contributed by atoms with Gasteiger partial charge in [-0.3, -0.25) is 0 Å². The van der Waals surface area contributed by atoms with Crippen molar-refractivity contribution in [3.8, 4) is 5.75 Å². The lowest BCUT2D eigenvalue weighted by atomic mass is 9.88. The minimum Gasteiger partial charge on any atom is -0.508 e. The van der Waals surface area contributed by atoms with Gasteiger partial charge in [0.1, 0.15) is 5.75 Å². The predicted octanol–water partition coefficient (Wildman–Crippen LogP) is 3.21. The van der Waals surface area contributed by atoms with E-state index < -0.39 is 11.6 Å². The Labute approximate surface area is 120 Å². The molecule has 0 aliphatic rings. The van der Waals surface area contributed by atoms with E-state index in [1.54, 1.807) is 19.1 Å². The first-order valence-electron chi connectivity index (χ1n) is 6.92. The number of methoxy groups -OCH3 is 1. The molecule has 0 saturated carbocycles. The highest BCUT2D eigenvalue weighted by Crippen LogP contribution is 2.34. The Morgan fingerprint density at radius 2 is 2.05 bits per heavy atom. The van der Waals surface area contributed by atoms with Crippen LogP contribution in [0.4, 0.5) is 0 Å². The van der Waals surface area contributed by atoms with E-state index in [-0.39, 0.29) is 11.3 Å². The quantitative estimate of drug-likeness (QED) is 0.785. The molecule has 2 N–H and O–H groups in total. The van der Waals surface area contributed by atoms with Crippen molar-refractivity contribution in [2.75, 3.05) is 7.11 Å². The van der Waals surface area contributed by atoms with E-state index in [0.717, 1.165) is 12.8 Å². The average Bonchev–Trinajstić information content (AvgIpc) is 2.36. The van der Waals surface area contributed by atoms with Gasteiger partial charge in [-0.15, -0.1) is 0 Å². The maximum atomic E-state index is 11.4. The molecule has 0 bridgehead atoms. The van der Waals surface area contributed by atoms with E-state index in [0.29, 0.717) is 17.9 Å². The van der Waals surface area contributed by atoms with Gasteiger partial charge in [0.2, 0.25) is 0 Å². The molecule has 1 aromatic rings. The number of phenolic OH excluding ortho intramolecular Hbond substituents is 1. The standard InChI is InChI=1S/C16H24O4/c1-11(2)6-5-9-16(3,19)13-8-7-12(10-14(13)17)15(18)20-4/h7-8,10-11,17,19H,5-6,9H2,1-4H3/t16-/m0/s1. The molecule has 0 aliphatic carbocycles. The van der Waals surface area contributed by atoms with Crippen molar-refractivity contribution in [1.82, 2.24) is 0 Å². The minimum absolute atomic E-state index is 0.0811. The first-order valence-corrected chi connectivity index (χ1v) is 6.92. The fraction of sp³-hybridized carbons (Fsp3) is 0.562. The van der Waals surface area contributed by atoms with Gasteiger partial charge in [0.05, 0.1) is 18.3 Å². The minimum atomic E-state index is -1.10. The molecule has 1 aromatic carbocycles. The molecular weight excluding hydrogens is 256 g/mol. The number of carbonyl (C=O) groups is 1. The number of hydrogen-bond acceptors (Lipinski definition) is 4. The summed E-state index contributed by atoms with van der Waals surface area (Å²) in [6.07, 6.45) is 2.47. The smallest absolute Gasteiger partial charge is 0.337 e. The van der Waals surface area contributed by atoms with Gasteiger partial charge in [0.15, 0.2) is 0 Å². The largest absolute Gasteiger partial charge is 0.508 e. The number of aliphatic hydroxyl groups is 1. The van der Waals surface area contributed by atoms with Crippen LogP contribution in [-0.4, -0.2) is 23.3 Å². The fourth-order valence-corrected chi connectivity index (χ4v) is 2.22. The van der Waals surface area contributed by atoms with Crippen LogP contribution in [-0.2, 0) is 10.3 Å². The second kappa shape index (κ2) is 6.75. The van der Waals surface area contributed by atoms with Crippen molar-refractivity contribution in [3.63, 3.8) is 0 Å². The summed E-state index contributed by atoms with van der Waals surface area (Å²) in [5, 5.41) is 20.5. The number of esters is 1. The lowest BCUT2D eigenvalue weighted by Gasteiger charge is -2.25. The van der Waals surface area contributed by atoms with Crippen LogP contribution in [0.1, 0.15) is 56.0 Å². The number of hydrogen-bond donors (Lipinski definition) is 2. The Morgan fingerprint density at radius 1 is 1.40 bits per heavy atom. The number of phenols is 1. The summed E-state index contributed by atoms with van der Waals surface area (Å²) in [5.41, 5.74) is -0.395. The molecule has 0 amide bonds. The topological polar surface area (TPSA) is 66.8 Å². The Hall–Kier alpha value is -1.55. The van der Waals surface area contributed by atoms with E-state index in [9.17, 15) is 15.0 Å². The predicted molar refractivity (Wildman–Crippen MR) is 77.7 cm³/mol. The van der Waals surface area contributed by atoms with Gasteiger partial charge >= 0.3 is 5.97 Å². The summed E-state index contributed by atoms with van der Waals surface area (Å²) in [7, 11) is 1.29. The van der Waals surface area contributed by atoms with Gasteiger partial charge in [-0.1, -0.05) is 26.3 Å². The van der Waals surface area contributed by atoms with Crippen molar-refractivity contribution >= 4 is 5.97 Å². The molecule has 4 heteroatoms. The highest BCUT2D eigenvalue weighted by molar-refractivity contribution is 5.89. The zero-order valence-electron chi connectivity index (χ0n) is 12.6. The van der Waals surface area contributed by atoms with E-state index in [4.69, 9.17) is 0 Å². The van der Waals surface area contributed by atoms with Crippen molar-refractivity contribution in [2.45, 2.75) is 45.6 Å². The molecule has 0 fully saturated rings. The monoisotopic (exact) mass is 280 g/mol. The van der Waals surface area contributed by atoms with Gasteiger partial charge in [-0.25, -0.2) is 4.79 Å². The third kappa shape index (κ3) is 4.23. The summed E-state index contributed by atoms with van der Waals surface area (Å²) >= 11 is 0. The molecule has 112 valence electrons. The maximum absolute atomic E-state index is 11.4. The molecule has 0 radical (unpaired) electrons. The number of benzene rings is 1. The molecule has 0 aliphatic heterocycles. The Bertz CT molecular complexity index is 464. The normalized spacial score (nSPS) is 14.1. The Balaban J connectivity index is 2.87. The van der Waals surface area contributed by atoms with Crippen molar-refractivity contribution in [3.05, 3.63) is 29.3 Å². The van der Waals surface area contributed by atoms with Crippen LogP contribution in [0, 0.1) is 5.92 Å². The average molecular weight is 280 g/mol. The van der Waals surface area contributed by atoms with Gasteiger partial charge in [-0.05, 0) is 37.8 Å². The van der Waals surface area contributed by atoms with E-state index in [1.165, 1.54) is 13.2 Å². The molecule has 0 saturated heterocycles. The Kier molecular flexibility index (Phi) is 5.57. The second-order valence-corrected chi connectivity index (χ2v) is 5.78. The maximum Gasteiger partial charge on any atom is 0.337 e. The lowest BCUT2D eigenvalue weighted by molar-refractivity contribution is 0.0415. The lowest BCUT2D eigenvalue weighted by Crippen LogP contribution is -2.21. The zero-order valence-corrected chi connectivity index (χ0v) is 12.6. The highest BCUT2D eigenvalue weighted by Gasteiger charge is 2.26. The van der Waals surface area contributed by atoms with Gasteiger partial charge < -0.3 is 14.9 Å². The molecule has 0 unspecified atom stereocenters. The molecule has 0 spiro atoms. The van der Waals surface area contributed by atoms with Crippen LogP contribution < -0.4 is 0 Å². The SMILES string of the molecule is COC(=O)c1ccc([C@@](C)(O)CCCC(C)C)c(O)c1. The fourth-order valence-electron chi connectivity index (χ4n) is 2.22. The summed E-state index contributed by atoms with van der Waals surface area (Å²) in [4.78, 5) is 11.4. The second-order valence-electron chi connectivity index (χ2n) is 5.78. The molecule has 1 rings (SSSR count). The number of aromatic hydroxyl groups is 1. The summed E-state index contributed by atoms with van der Waals surface area (Å²) in [6, 6.07) is 4.47. The number of rotatable bonds is 6. The van der Waals surface area contributed by atoms with Crippen molar-refractivity contribution in [1.29, 1.82) is 0 Å². The Morgan fingerprint density at radius 3 is 2.55 bits per heavy atom. The summed E-state index contributed by atoms with van der Waals surface area (Å²) in [6.45, 7) is 5.95. The molecule has 0 heterocycles. The first kappa shape index (κ1) is 16.5. The summed E-state index contributed by atoms with van der Waals surface area (Å²) < 4.78 is 4.60. The van der Waals surface area contributed by atoms with E-state index in [2.05, 4.69) is 18.6 Å². The molecule has 20 heavy (non-hydrogen) atoms. The van der Waals surface area contributed by atoms with Crippen molar-refractivity contribution < 1.29 is 19.7 Å². The van der Waals surface area contributed by atoms with Gasteiger partial charge in [-0.2, -0.15) is 0 Å². The first-order chi connectivity index (χ1) is 9.27. The van der Waals surface area contributed by atoms with Gasteiger partial charge in [0.25, 0.3) is 0 Å². The number of ether oxygens (including phenoxy) is 1. The van der Waals surface area contributed by atoms with Gasteiger partial charge in [0, 0.05) is 5.56 Å². The third-order valence-electron chi connectivity index (χ3n) is 3.44. The highest BCUT2D eigenvalue weighted by atomic mass is 16.5. The third-order valence-corrected chi connectivity index (χ3v) is 3.44. The summed E-state index contributed by atoms with van der Waals surface area (Å²) in [5.74, 6) is -0.00477. The molecule has 4 nitrogen and oxygen atoms in total.